The fraction of sp³-hybridized carbons (Fsp3) is 0.400. The molecule has 2 atom stereocenters. The standard InChI is InChI=1S/C15H19FO3/c1-3-4-10-19-15(18)14(17)13(11(2)16)12-8-6-5-7-9-12/h5-9,13-14,17H,2-4,10H2,1H3/t13-,14-/m1/s1. The Balaban J connectivity index is 2.77. The molecule has 0 unspecified atom stereocenters. The van der Waals surface area contributed by atoms with Crippen LogP contribution >= 0.6 is 0 Å². The summed E-state index contributed by atoms with van der Waals surface area (Å²) in [5.41, 5.74) is 0.495. The number of benzene rings is 1. The van der Waals surface area contributed by atoms with Crippen LogP contribution in [0.15, 0.2) is 42.7 Å². The van der Waals surface area contributed by atoms with Crippen molar-refractivity contribution < 1.29 is 19.0 Å². The SMILES string of the molecule is C=C(F)[C@H](c1ccccc1)[C@@H](O)C(=O)OCCCC. The van der Waals surface area contributed by atoms with E-state index in [1.165, 1.54) is 0 Å². The van der Waals surface area contributed by atoms with Crippen LogP contribution in [0.2, 0.25) is 0 Å². The summed E-state index contributed by atoms with van der Waals surface area (Å²) in [6, 6.07) is 8.46. The lowest BCUT2D eigenvalue weighted by molar-refractivity contribution is -0.154. The molecule has 104 valence electrons. The number of carbonyl (C=O) groups is 1. The number of aliphatic hydroxyl groups excluding tert-OH is 1. The molecule has 0 saturated carbocycles. The number of rotatable bonds is 7. The van der Waals surface area contributed by atoms with Gasteiger partial charge < -0.3 is 9.84 Å². The van der Waals surface area contributed by atoms with Gasteiger partial charge in [-0.15, -0.1) is 0 Å². The van der Waals surface area contributed by atoms with Gasteiger partial charge in [-0.25, -0.2) is 9.18 Å². The average molecular weight is 266 g/mol. The van der Waals surface area contributed by atoms with Gasteiger partial charge in [0.2, 0.25) is 0 Å². The molecule has 0 bridgehead atoms. The second-order valence-electron chi connectivity index (χ2n) is 4.30. The van der Waals surface area contributed by atoms with Gasteiger partial charge in [-0.3, -0.25) is 0 Å². The molecular formula is C15H19FO3. The van der Waals surface area contributed by atoms with E-state index < -0.39 is 23.8 Å². The summed E-state index contributed by atoms with van der Waals surface area (Å²) < 4.78 is 18.4. The number of hydrogen-bond acceptors (Lipinski definition) is 3. The zero-order valence-corrected chi connectivity index (χ0v) is 11.0. The van der Waals surface area contributed by atoms with Gasteiger partial charge in [0, 0.05) is 0 Å². The molecule has 0 aliphatic rings. The highest BCUT2D eigenvalue weighted by Crippen LogP contribution is 2.28. The maximum atomic E-state index is 13.5. The Morgan fingerprint density at radius 2 is 2.05 bits per heavy atom. The predicted octanol–water partition coefficient (Wildman–Crippen LogP) is 2.96. The summed E-state index contributed by atoms with van der Waals surface area (Å²) in [4.78, 5) is 11.7. The van der Waals surface area contributed by atoms with Crippen LogP contribution in [0.4, 0.5) is 4.39 Å². The molecule has 0 spiro atoms. The van der Waals surface area contributed by atoms with Gasteiger partial charge in [-0.05, 0) is 12.0 Å². The molecule has 19 heavy (non-hydrogen) atoms. The molecule has 1 aromatic carbocycles. The third-order valence-corrected chi connectivity index (χ3v) is 2.80. The van der Waals surface area contributed by atoms with Crippen LogP contribution < -0.4 is 0 Å². The van der Waals surface area contributed by atoms with Crippen molar-refractivity contribution >= 4 is 5.97 Å². The Morgan fingerprint density at radius 3 is 2.58 bits per heavy atom. The monoisotopic (exact) mass is 266 g/mol. The second kappa shape index (κ2) is 7.69. The topological polar surface area (TPSA) is 46.5 Å². The molecule has 0 radical (unpaired) electrons. The quantitative estimate of drug-likeness (QED) is 0.609. The lowest BCUT2D eigenvalue weighted by Gasteiger charge is -2.20. The molecule has 1 N–H and O–H groups in total. The van der Waals surface area contributed by atoms with Gasteiger partial charge in [0.05, 0.1) is 12.5 Å². The normalized spacial score (nSPS) is 13.6. The van der Waals surface area contributed by atoms with Gasteiger partial charge in [-0.1, -0.05) is 50.3 Å². The summed E-state index contributed by atoms with van der Waals surface area (Å²) in [6.07, 6.45) is 0.0172. The number of halogens is 1. The smallest absolute Gasteiger partial charge is 0.336 e. The fourth-order valence-corrected chi connectivity index (χ4v) is 1.73. The van der Waals surface area contributed by atoms with Crippen LogP contribution in [0.5, 0.6) is 0 Å². The van der Waals surface area contributed by atoms with E-state index in [2.05, 4.69) is 6.58 Å². The summed E-state index contributed by atoms with van der Waals surface area (Å²) in [5.74, 6) is -2.66. The Morgan fingerprint density at radius 1 is 1.42 bits per heavy atom. The molecular weight excluding hydrogens is 247 g/mol. The largest absolute Gasteiger partial charge is 0.464 e. The highest BCUT2D eigenvalue weighted by Gasteiger charge is 2.31. The van der Waals surface area contributed by atoms with Gasteiger partial charge >= 0.3 is 5.97 Å². The van der Waals surface area contributed by atoms with E-state index in [1.54, 1.807) is 30.3 Å². The fourth-order valence-electron chi connectivity index (χ4n) is 1.73. The number of ether oxygens (including phenoxy) is 1. The molecule has 0 aliphatic carbocycles. The van der Waals surface area contributed by atoms with Crippen LogP contribution in [0.3, 0.4) is 0 Å². The number of aliphatic hydroxyl groups is 1. The van der Waals surface area contributed by atoms with Crippen molar-refractivity contribution in [2.45, 2.75) is 31.8 Å². The van der Waals surface area contributed by atoms with E-state index in [0.29, 0.717) is 12.0 Å². The van der Waals surface area contributed by atoms with Crippen LogP contribution in [-0.2, 0) is 9.53 Å². The Bertz CT molecular complexity index is 417. The minimum Gasteiger partial charge on any atom is -0.464 e. The van der Waals surface area contributed by atoms with Crippen LogP contribution in [0.25, 0.3) is 0 Å². The molecule has 4 heteroatoms. The van der Waals surface area contributed by atoms with E-state index in [0.717, 1.165) is 6.42 Å². The van der Waals surface area contributed by atoms with Gasteiger partial charge in [0.1, 0.15) is 5.83 Å². The molecule has 0 fully saturated rings. The average Bonchev–Trinajstić information content (AvgIpc) is 2.39. The predicted molar refractivity (Wildman–Crippen MR) is 71.3 cm³/mol. The van der Waals surface area contributed by atoms with E-state index >= 15 is 0 Å². The van der Waals surface area contributed by atoms with E-state index in [4.69, 9.17) is 4.74 Å². The van der Waals surface area contributed by atoms with E-state index in [-0.39, 0.29) is 6.61 Å². The van der Waals surface area contributed by atoms with Crippen molar-refractivity contribution in [2.24, 2.45) is 0 Å². The molecule has 0 amide bonds. The molecule has 0 aromatic heterocycles. The summed E-state index contributed by atoms with van der Waals surface area (Å²) in [5, 5.41) is 9.93. The van der Waals surface area contributed by atoms with Crippen LogP contribution in [0.1, 0.15) is 31.2 Å². The minimum absolute atomic E-state index is 0.229. The number of carbonyl (C=O) groups excluding carboxylic acids is 1. The maximum absolute atomic E-state index is 13.5. The van der Waals surface area contributed by atoms with Gasteiger partial charge in [-0.2, -0.15) is 0 Å². The Hall–Kier alpha value is -1.68. The summed E-state index contributed by atoms with van der Waals surface area (Å²) in [7, 11) is 0. The third kappa shape index (κ3) is 4.48. The third-order valence-electron chi connectivity index (χ3n) is 2.80. The van der Waals surface area contributed by atoms with E-state index in [9.17, 15) is 14.3 Å². The zero-order chi connectivity index (χ0) is 14.3. The van der Waals surface area contributed by atoms with Crippen molar-refractivity contribution in [3.8, 4) is 0 Å². The lowest BCUT2D eigenvalue weighted by atomic mass is 9.92. The first kappa shape index (κ1) is 15.4. The van der Waals surface area contributed by atoms with Crippen LogP contribution in [0, 0.1) is 0 Å². The second-order valence-corrected chi connectivity index (χ2v) is 4.30. The molecule has 3 nitrogen and oxygen atoms in total. The highest BCUT2D eigenvalue weighted by atomic mass is 19.1. The van der Waals surface area contributed by atoms with Crippen molar-refractivity contribution in [1.82, 2.24) is 0 Å². The Kier molecular flexibility index (Phi) is 6.22. The first-order chi connectivity index (χ1) is 9.07. The first-order valence-electron chi connectivity index (χ1n) is 6.31. The van der Waals surface area contributed by atoms with Crippen molar-refractivity contribution in [3.63, 3.8) is 0 Å². The highest BCUT2D eigenvalue weighted by molar-refractivity contribution is 5.76. The van der Waals surface area contributed by atoms with Crippen molar-refractivity contribution in [1.29, 1.82) is 0 Å². The molecule has 0 aliphatic heterocycles. The van der Waals surface area contributed by atoms with Gasteiger partial charge in [0.15, 0.2) is 6.10 Å². The minimum atomic E-state index is -1.57. The summed E-state index contributed by atoms with van der Waals surface area (Å²) >= 11 is 0. The van der Waals surface area contributed by atoms with Crippen molar-refractivity contribution in [2.75, 3.05) is 6.61 Å². The number of unbranched alkanes of at least 4 members (excludes halogenated alkanes) is 1. The number of hydrogen-bond donors (Lipinski definition) is 1. The zero-order valence-electron chi connectivity index (χ0n) is 11.0. The summed E-state index contributed by atoms with van der Waals surface area (Å²) in [6.45, 7) is 5.38. The first-order valence-corrected chi connectivity index (χ1v) is 6.31. The Labute approximate surface area is 112 Å². The molecule has 0 heterocycles. The molecule has 1 aromatic rings. The number of esters is 1. The maximum Gasteiger partial charge on any atom is 0.336 e. The molecule has 0 saturated heterocycles. The van der Waals surface area contributed by atoms with Gasteiger partial charge in [0.25, 0.3) is 0 Å². The lowest BCUT2D eigenvalue weighted by Crippen LogP contribution is -2.30. The van der Waals surface area contributed by atoms with E-state index in [1.807, 2.05) is 6.92 Å². The van der Waals surface area contributed by atoms with Crippen LogP contribution in [-0.4, -0.2) is 23.8 Å². The van der Waals surface area contributed by atoms with Crippen molar-refractivity contribution in [3.05, 3.63) is 48.3 Å². The molecule has 1 rings (SSSR count).